The molecule has 0 amide bonds. The molecule has 0 spiro atoms. The minimum Gasteiger partial charge on any atom is -0.381 e. The predicted molar refractivity (Wildman–Crippen MR) is 65.1 cm³/mol. The van der Waals surface area contributed by atoms with Crippen molar-refractivity contribution < 1.29 is 4.74 Å². The first kappa shape index (κ1) is 13.0. The van der Waals surface area contributed by atoms with Crippen LogP contribution in [0.3, 0.4) is 0 Å². The Bertz CT molecular complexity index is 173. The van der Waals surface area contributed by atoms with Gasteiger partial charge in [-0.3, -0.25) is 0 Å². The molecule has 15 heavy (non-hydrogen) atoms. The first-order valence-corrected chi connectivity index (χ1v) is 6.35. The van der Waals surface area contributed by atoms with E-state index in [2.05, 4.69) is 33.0 Å². The van der Waals surface area contributed by atoms with Gasteiger partial charge in [0.25, 0.3) is 0 Å². The second-order valence-corrected chi connectivity index (χ2v) is 5.75. The lowest BCUT2D eigenvalue weighted by molar-refractivity contribution is 0.0944. The van der Waals surface area contributed by atoms with Crippen molar-refractivity contribution in [2.75, 3.05) is 19.8 Å². The summed E-state index contributed by atoms with van der Waals surface area (Å²) in [6.45, 7) is 11.9. The maximum atomic E-state index is 5.65. The van der Waals surface area contributed by atoms with E-state index < -0.39 is 0 Å². The molecule has 0 radical (unpaired) electrons. The molecular weight excluding hydrogens is 186 g/mol. The van der Waals surface area contributed by atoms with Crippen molar-refractivity contribution in [2.24, 2.45) is 11.3 Å². The van der Waals surface area contributed by atoms with Gasteiger partial charge in [0.2, 0.25) is 0 Å². The lowest BCUT2D eigenvalue weighted by Gasteiger charge is -2.18. The smallest absolute Gasteiger partial charge is 0.0488 e. The van der Waals surface area contributed by atoms with Crippen LogP contribution >= 0.6 is 0 Å². The van der Waals surface area contributed by atoms with E-state index in [9.17, 15) is 0 Å². The summed E-state index contributed by atoms with van der Waals surface area (Å²) in [5, 5.41) is 3.54. The van der Waals surface area contributed by atoms with Crippen LogP contribution in [0.2, 0.25) is 0 Å². The van der Waals surface area contributed by atoms with E-state index in [0.717, 1.165) is 13.2 Å². The number of ether oxygens (including phenoxy) is 1. The van der Waals surface area contributed by atoms with Crippen molar-refractivity contribution in [3.05, 3.63) is 0 Å². The van der Waals surface area contributed by atoms with Crippen molar-refractivity contribution in [1.82, 2.24) is 5.32 Å². The summed E-state index contributed by atoms with van der Waals surface area (Å²) in [6, 6.07) is 0.610. The van der Waals surface area contributed by atoms with Crippen LogP contribution in [0.15, 0.2) is 0 Å². The van der Waals surface area contributed by atoms with Gasteiger partial charge in [0.05, 0.1) is 0 Å². The molecule has 1 fully saturated rings. The Kier molecular flexibility index (Phi) is 5.07. The maximum Gasteiger partial charge on any atom is 0.0488 e. The summed E-state index contributed by atoms with van der Waals surface area (Å²) in [4.78, 5) is 0. The van der Waals surface area contributed by atoms with Crippen LogP contribution in [-0.2, 0) is 4.74 Å². The van der Waals surface area contributed by atoms with Gasteiger partial charge < -0.3 is 10.1 Å². The fourth-order valence-electron chi connectivity index (χ4n) is 1.72. The first-order valence-electron chi connectivity index (χ1n) is 6.35. The predicted octanol–water partition coefficient (Wildman–Crippen LogP) is 2.83. The van der Waals surface area contributed by atoms with Gasteiger partial charge in [0, 0.05) is 25.8 Å². The summed E-state index contributed by atoms with van der Waals surface area (Å²) in [5.74, 6) is 0.661. The normalized spacial score (nSPS) is 18.8. The third kappa shape index (κ3) is 5.53. The lowest BCUT2D eigenvalue weighted by Crippen LogP contribution is -2.30. The van der Waals surface area contributed by atoms with Gasteiger partial charge in [-0.15, -0.1) is 0 Å². The second-order valence-electron chi connectivity index (χ2n) is 5.75. The van der Waals surface area contributed by atoms with Crippen LogP contribution in [-0.4, -0.2) is 25.8 Å². The van der Waals surface area contributed by atoms with Crippen molar-refractivity contribution in [3.63, 3.8) is 0 Å². The second kappa shape index (κ2) is 5.86. The Morgan fingerprint density at radius 2 is 1.87 bits per heavy atom. The molecule has 0 saturated heterocycles. The quantitative estimate of drug-likeness (QED) is 0.626. The van der Waals surface area contributed by atoms with E-state index in [0.29, 0.717) is 17.4 Å². The minimum atomic E-state index is 0.585. The third-order valence-electron chi connectivity index (χ3n) is 3.07. The van der Waals surface area contributed by atoms with Gasteiger partial charge in [-0.25, -0.2) is 0 Å². The molecule has 2 heteroatoms. The largest absolute Gasteiger partial charge is 0.381 e. The first-order chi connectivity index (χ1) is 7.04. The summed E-state index contributed by atoms with van der Waals surface area (Å²) in [5.41, 5.74) is 0.585. The Morgan fingerprint density at radius 3 is 2.33 bits per heavy atom. The molecule has 1 N–H and O–H groups in total. The molecule has 0 aromatic rings. The van der Waals surface area contributed by atoms with Gasteiger partial charge in [0.15, 0.2) is 0 Å². The van der Waals surface area contributed by atoms with E-state index in [-0.39, 0.29) is 0 Å². The van der Waals surface area contributed by atoms with E-state index in [1.54, 1.807) is 0 Å². The van der Waals surface area contributed by atoms with Crippen LogP contribution in [0.5, 0.6) is 0 Å². The molecule has 2 nitrogen and oxygen atoms in total. The molecule has 0 bridgehead atoms. The van der Waals surface area contributed by atoms with Gasteiger partial charge in [-0.05, 0) is 30.6 Å². The van der Waals surface area contributed by atoms with Crippen molar-refractivity contribution in [3.8, 4) is 0 Å². The summed E-state index contributed by atoms with van der Waals surface area (Å²) in [6.07, 6.45) is 4.01. The highest BCUT2D eigenvalue weighted by molar-refractivity contribution is 4.94. The highest BCUT2D eigenvalue weighted by atomic mass is 16.5. The molecule has 0 unspecified atom stereocenters. The zero-order valence-electron chi connectivity index (χ0n) is 10.8. The molecule has 0 aromatic carbocycles. The fourth-order valence-corrected chi connectivity index (χ4v) is 1.72. The Morgan fingerprint density at radius 1 is 1.20 bits per heavy atom. The summed E-state index contributed by atoms with van der Waals surface area (Å²) >= 11 is 0. The van der Waals surface area contributed by atoms with Gasteiger partial charge in [0.1, 0.15) is 0 Å². The molecular formula is C13H27NO. The Hall–Kier alpha value is -0.0800. The van der Waals surface area contributed by atoms with Crippen molar-refractivity contribution in [1.29, 1.82) is 0 Å². The summed E-state index contributed by atoms with van der Waals surface area (Å²) in [7, 11) is 0. The van der Waals surface area contributed by atoms with Crippen molar-refractivity contribution >= 4 is 0 Å². The summed E-state index contributed by atoms with van der Waals surface area (Å²) < 4.78 is 5.65. The van der Waals surface area contributed by atoms with Crippen LogP contribution in [0.1, 0.15) is 47.0 Å². The molecule has 1 aliphatic carbocycles. The van der Waals surface area contributed by atoms with E-state index in [1.165, 1.54) is 25.8 Å². The Labute approximate surface area is 94.8 Å². The Balaban J connectivity index is 2.04. The van der Waals surface area contributed by atoms with E-state index >= 15 is 0 Å². The standard InChI is InChI=1S/C13H27NO/c1-11(2)9-15-8-7-13(5-6-13)10-14-12(3)4/h11-12,14H,5-10H2,1-4H3. The number of rotatable bonds is 8. The SMILES string of the molecule is CC(C)COCCC1(CNC(C)C)CC1. The number of nitrogens with one attached hydrogen (secondary N) is 1. The van der Waals surface area contributed by atoms with Gasteiger partial charge in [-0.2, -0.15) is 0 Å². The van der Waals surface area contributed by atoms with Crippen LogP contribution in [0.25, 0.3) is 0 Å². The van der Waals surface area contributed by atoms with Gasteiger partial charge >= 0.3 is 0 Å². The monoisotopic (exact) mass is 213 g/mol. The molecule has 0 heterocycles. The van der Waals surface area contributed by atoms with Crippen LogP contribution in [0.4, 0.5) is 0 Å². The lowest BCUT2D eigenvalue weighted by atomic mass is 10.0. The third-order valence-corrected chi connectivity index (χ3v) is 3.07. The topological polar surface area (TPSA) is 21.3 Å². The number of hydrogen-bond acceptors (Lipinski definition) is 2. The zero-order chi connectivity index (χ0) is 11.3. The van der Waals surface area contributed by atoms with E-state index in [4.69, 9.17) is 4.74 Å². The van der Waals surface area contributed by atoms with E-state index in [1.807, 2.05) is 0 Å². The average molecular weight is 213 g/mol. The highest BCUT2D eigenvalue weighted by Gasteiger charge is 2.41. The molecule has 1 saturated carbocycles. The van der Waals surface area contributed by atoms with Crippen molar-refractivity contribution in [2.45, 2.75) is 53.0 Å². The maximum absolute atomic E-state index is 5.65. The molecule has 1 rings (SSSR count). The molecule has 0 aromatic heterocycles. The number of hydrogen-bond donors (Lipinski definition) is 1. The van der Waals surface area contributed by atoms with Crippen LogP contribution in [0, 0.1) is 11.3 Å². The fraction of sp³-hybridized carbons (Fsp3) is 1.00. The zero-order valence-corrected chi connectivity index (χ0v) is 10.8. The molecule has 90 valence electrons. The molecule has 1 aliphatic rings. The average Bonchev–Trinajstić information content (AvgIpc) is 2.90. The molecule has 0 aliphatic heterocycles. The minimum absolute atomic E-state index is 0.585. The van der Waals surface area contributed by atoms with Gasteiger partial charge in [-0.1, -0.05) is 27.7 Å². The highest BCUT2D eigenvalue weighted by Crippen LogP contribution is 2.48. The molecule has 0 atom stereocenters. The van der Waals surface area contributed by atoms with Crippen LogP contribution < -0.4 is 5.32 Å².